The molecule has 1 amide bonds. The molecule has 1 aliphatic rings. The van der Waals surface area contributed by atoms with Gasteiger partial charge in [-0.25, -0.2) is 4.98 Å². The van der Waals surface area contributed by atoms with Crippen LogP contribution in [0.4, 0.5) is 5.13 Å². The number of carbonyl (C=O) groups excluding carboxylic acids is 1. The van der Waals surface area contributed by atoms with Gasteiger partial charge in [0.2, 0.25) is 5.91 Å². The highest BCUT2D eigenvalue weighted by molar-refractivity contribution is 7.22. The number of hydrogen-bond donors (Lipinski definition) is 1. The summed E-state index contributed by atoms with van der Waals surface area (Å²) in [5.41, 5.74) is 7.64. The van der Waals surface area contributed by atoms with Gasteiger partial charge < -0.3 is 15.5 Å². The number of anilines is 1. The Kier molecular flexibility index (Phi) is 3.58. The van der Waals surface area contributed by atoms with Gasteiger partial charge in [-0.2, -0.15) is 0 Å². The van der Waals surface area contributed by atoms with Crippen molar-refractivity contribution in [1.29, 1.82) is 0 Å². The van der Waals surface area contributed by atoms with Crippen molar-refractivity contribution in [3.8, 4) is 0 Å². The first-order valence-electron chi connectivity index (χ1n) is 6.73. The average Bonchev–Trinajstić information content (AvgIpc) is 2.78. The van der Waals surface area contributed by atoms with E-state index in [1.165, 1.54) is 11.3 Å². The molecule has 6 heteroatoms. The first kappa shape index (κ1) is 13.3. The zero-order valence-electron chi connectivity index (χ0n) is 11.5. The zero-order chi connectivity index (χ0) is 14.1. The van der Waals surface area contributed by atoms with Gasteiger partial charge in [0.15, 0.2) is 5.13 Å². The number of rotatable bonds is 2. The lowest BCUT2D eigenvalue weighted by Crippen LogP contribution is -2.47. The number of aromatic nitrogens is 1. The SMILES string of the molecule is CN1CCN(C(=O)Cc2ccc3nc(N)sc3c2)CC1. The number of nitrogens with two attached hydrogens (primary N) is 1. The van der Waals surface area contributed by atoms with Crippen molar-refractivity contribution in [3.63, 3.8) is 0 Å². The van der Waals surface area contributed by atoms with Crippen LogP contribution >= 0.6 is 11.3 Å². The molecule has 3 rings (SSSR count). The maximum atomic E-state index is 12.3. The molecule has 2 heterocycles. The van der Waals surface area contributed by atoms with E-state index in [1.807, 2.05) is 23.1 Å². The quantitative estimate of drug-likeness (QED) is 0.902. The van der Waals surface area contributed by atoms with E-state index in [0.717, 1.165) is 42.0 Å². The summed E-state index contributed by atoms with van der Waals surface area (Å²) in [6.07, 6.45) is 0.456. The van der Waals surface area contributed by atoms with E-state index >= 15 is 0 Å². The van der Waals surface area contributed by atoms with Crippen LogP contribution in [0, 0.1) is 0 Å². The Hall–Kier alpha value is -1.66. The number of piperazine rings is 1. The van der Waals surface area contributed by atoms with Gasteiger partial charge in [0.25, 0.3) is 0 Å². The van der Waals surface area contributed by atoms with Gasteiger partial charge in [0, 0.05) is 26.2 Å². The number of hydrogen-bond acceptors (Lipinski definition) is 5. The van der Waals surface area contributed by atoms with Crippen molar-refractivity contribution in [2.24, 2.45) is 0 Å². The largest absolute Gasteiger partial charge is 0.375 e. The highest BCUT2D eigenvalue weighted by Gasteiger charge is 2.19. The summed E-state index contributed by atoms with van der Waals surface area (Å²) >= 11 is 1.46. The van der Waals surface area contributed by atoms with Gasteiger partial charge in [-0.1, -0.05) is 17.4 Å². The van der Waals surface area contributed by atoms with Crippen LogP contribution in [0.5, 0.6) is 0 Å². The molecule has 2 N–H and O–H groups in total. The summed E-state index contributed by atoms with van der Waals surface area (Å²) in [4.78, 5) is 20.7. The Morgan fingerprint density at radius 2 is 2.10 bits per heavy atom. The van der Waals surface area contributed by atoms with Crippen LogP contribution < -0.4 is 5.73 Å². The first-order valence-corrected chi connectivity index (χ1v) is 7.55. The number of likely N-dealkylation sites (N-methyl/N-ethyl adjacent to an activating group) is 1. The molecule has 0 aliphatic carbocycles. The molecule has 1 aromatic carbocycles. The molecule has 1 fully saturated rings. The monoisotopic (exact) mass is 290 g/mol. The molecule has 106 valence electrons. The number of thiazole rings is 1. The summed E-state index contributed by atoms with van der Waals surface area (Å²) in [7, 11) is 2.09. The summed E-state index contributed by atoms with van der Waals surface area (Å²) < 4.78 is 1.05. The smallest absolute Gasteiger partial charge is 0.227 e. The fourth-order valence-electron chi connectivity index (χ4n) is 2.44. The highest BCUT2D eigenvalue weighted by Crippen LogP contribution is 2.24. The number of carbonyl (C=O) groups is 1. The Balaban J connectivity index is 1.70. The van der Waals surface area contributed by atoms with Crippen molar-refractivity contribution in [2.75, 3.05) is 39.0 Å². The van der Waals surface area contributed by atoms with Crippen molar-refractivity contribution >= 4 is 32.6 Å². The van der Waals surface area contributed by atoms with Crippen LogP contribution in [0.2, 0.25) is 0 Å². The minimum atomic E-state index is 0.204. The van der Waals surface area contributed by atoms with Gasteiger partial charge in [0.1, 0.15) is 0 Å². The highest BCUT2D eigenvalue weighted by atomic mass is 32.1. The molecule has 5 nitrogen and oxygen atoms in total. The van der Waals surface area contributed by atoms with Crippen LogP contribution in [0.15, 0.2) is 18.2 Å². The fraction of sp³-hybridized carbons (Fsp3) is 0.429. The van der Waals surface area contributed by atoms with Crippen molar-refractivity contribution < 1.29 is 4.79 Å². The molecule has 0 unspecified atom stereocenters. The van der Waals surface area contributed by atoms with E-state index in [2.05, 4.69) is 16.9 Å². The summed E-state index contributed by atoms with van der Waals surface area (Å²) in [5, 5.41) is 0.572. The van der Waals surface area contributed by atoms with Gasteiger partial charge in [-0.15, -0.1) is 0 Å². The third-order valence-electron chi connectivity index (χ3n) is 3.68. The molecule has 1 aromatic heterocycles. The van der Waals surface area contributed by atoms with E-state index in [-0.39, 0.29) is 5.91 Å². The maximum absolute atomic E-state index is 12.3. The predicted octanol–water partition coefficient (Wildman–Crippen LogP) is 1.19. The number of benzene rings is 1. The fourth-order valence-corrected chi connectivity index (χ4v) is 3.24. The van der Waals surface area contributed by atoms with Gasteiger partial charge >= 0.3 is 0 Å². The molecular weight excluding hydrogens is 272 g/mol. The lowest BCUT2D eigenvalue weighted by molar-refractivity contribution is -0.132. The Morgan fingerprint density at radius 1 is 1.35 bits per heavy atom. The molecule has 0 bridgehead atoms. The number of fused-ring (bicyclic) bond motifs is 1. The van der Waals surface area contributed by atoms with Crippen molar-refractivity contribution in [2.45, 2.75) is 6.42 Å². The predicted molar refractivity (Wildman–Crippen MR) is 81.8 cm³/mol. The molecule has 1 saturated heterocycles. The third-order valence-corrected chi connectivity index (χ3v) is 4.53. The van der Waals surface area contributed by atoms with Gasteiger partial charge in [-0.05, 0) is 24.7 Å². The van der Waals surface area contributed by atoms with E-state index in [1.54, 1.807) is 0 Å². The molecule has 2 aromatic rings. The van der Waals surface area contributed by atoms with Crippen LogP contribution in [-0.4, -0.2) is 53.9 Å². The summed E-state index contributed by atoms with van der Waals surface area (Å²) in [6, 6.07) is 5.93. The minimum Gasteiger partial charge on any atom is -0.375 e. The molecule has 20 heavy (non-hydrogen) atoms. The van der Waals surface area contributed by atoms with Gasteiger partial charge in [0.05, 0.1) is 16.6 Å². The summed E-state index contributed by atoms with van der Waals surface area (Å²) in [6.45, 7) is 3.56. The zero-order valence-corrected chi connectivity index (χ0v) is 12.3. The van der Waals surface area contributed by atoms with Crippen LogP contribution in [0.1, 0.15) is 5.56 Å². The lowest BCUT2D eigenvalue weighted by Gasteiger charge is -2.32. The lowest BCUT2D eigenvalue weighted by atomic mass is 10.1. The molecular formula is C14H18N4OS. The minimum absolute atomic E-state index is 0.204. The van der Waals surface area contributed by atoms with Crippen LogP contribution in [0.25, 0.3) is 10.2 Å². The normalized spacial score (nSPS) is 16.8. The molecule has 0 radical (unpaired) electrons. The van der Waals surface area contributed by atoms with Gasteiger partial charge in [-0.3, -0.25) is 4.79 Å². The molecule has 0 spiro atoms. The Labute approximate surface area is 122 Å². The topological polar surface area (TPSA) is 62.5 Å². The second-order valence-electron chi connectivity index (χ2n) is 5.22. The van der Waals surface area contributed by atoms with E-state index in [0.29, 0.717) is 11.6 Å². The Morgan fingerprint density at radius 3 is 2.85 bits per heavy atom. The maximum Gasteiger partial charge on any atom is 0.227 e. The first-order chi connectivity index (χ1) is 9.61. The van der Waals surface area contributed by atoms with E-state index in [9.17, 15) is 4.79 Å². The third kappa shape index (κ3) is 2.76. The standard InChI is InChI=1S/C14H18N4OS/c1-17-4-6-18(7-5-17)13(19)9-10-2-3-11-12(8-10)20-14(15)16-11/h2-3,8H,4-7,9H2,1H3,(H2,15,16). The number of nitrogens with zero attached hydrogens (tertiary/aromatic N) is 3. The van der Waals surface area contributed by atoms with Crippen molar-refractivity contribution in [1.82, 2.24) is 14.8 Å². The van der Waals surface area contributed by atoms with Crippen molar-refractivity contribution in [3.05, 3.63) is 23.8 Å². The average molecular weight is 290 g/mol. The second-order valence-corrected chi connectivity index (χ2v) is 6.28. The number of nitrogen functional groups attached to an aromatic ring is 1. The van der Waals surface area contributed by atoms with Crippen LogP contribution in [0.3, 0.4) is 0 Å². The summed E-state index contributed by atoms with van der Waals surface area (Å²) in [5.74, 6) is 0.204. The molecule has 1 aliphatic heterocycles. The van der Waals surface area contributed by atoms with Crippen LogP contribution in [-0.2, 0) is 11.2 Å². The molecule has 0 atom stereocenters. The molecule has 0 saturated carbocycles. The number of amides is 1. The van der Waals surface area contributed by atoms with E-state index < -0.39 is 0 Å². The second kappa shape index (κ2) is 5.38. The van der Waals surface area contributed by atoms with E-state index in [4.69, 9.17) is 5.73 Å². The Bertz CT molecular complexity index is 631.